The molecule has 0 bridgehead atoms. The number of halogens is 1. The highest BCUT2D eigenvalue weighted by Gasteiger charge is 2.04. The van der Waals surface area contributed by atoms with Crippen LogP contribution in [0.2, 0.25) is 0 Å². The summed E-state index contributed by atoms with van der Waals surface area (Å²) in [5.41, 5.74) is 2.12. The zero-order valence-corrected chi connectivity index (χ0v) is 12.1. The molecule has 2 aromatic rings. The van der Waals surface area contributed by atoms with Crippen molar-refractivity contribution in [2.24, 2.45) is 0 Å². The molecule has 0 saturated carbocycles. The summed E-state index contributed by atoms with van der Waals surface area (Å²) in [7, 11) is 1.68. The molecule has 3 nitrogen and oxygen atoms in total. The number of thiazole rings is 1. The standard InChI is InChI=1S/C13H16N2OS.ClH/c1-3-14-8-13-15-12(9-17-13)10-5-4-6-11(7-10)16-2;/h4-7,9,14H,3,8H2,1-2H3;1H. The third-order valence-corrected chi connectivity index (χ3v) is 3.29. The number of methoxy groups -OCH3 is 1. The Labute approximate surface area is 118 Å². The van der Waals surface area contributed by atoms with Crippen molar-refractivity contribution in [3.05, 3.63) is 34.7 Å². The highest BCUT2D eigenvalue weighted by molar-refractivity contribution is 7.09. The molecule has 1 N–H and O–H groups in total. The third-order valence-electron chi connectivity index (χ3n) is 2.44. The van der Waals surface area contributed by atoms with E-state index in [-0.39, 0.29) is 12.4 Å². The van der Waals surface area contributed by atoms with Gasteiger partial charge in [0.05, 0.1) is 12.8 Å². The van der Waals surface area contributed by atoms with Crippen LogP contribution in [0.1, 0.15) is 11.9 Å². The van der Waals surface area contributed by atoms with Crippen LogP contribution in [0.15, 0.2) is 29.6 Å². The minimum absolute atomic E-state index is 0. The monoisotopic (exact) mass is 284 g/mol. The van der Waals surface area contributed by atoms with Crippen LogP contribution in [0.3, 0.4) is 0 Å². The lowest BCUT2D eigenvalue weighted by molar-refractivity contribution is 0.415. The minimum atomic E-state index is 0. The van der Waals surface area contributed by atoms with Gasteiger partial charge in [0.25, 0.3) is 0 Å². The first-order valence-corrected chi connectivity index (χ1v) is 6.51. The number of hydrogen-bond acceptors (Lipinski definition) is 4. The van der Waals surface area contributed by atoms with Gasteiger partial charge in [-0.2, -0.15) is 0 Å². The van der Waals surface area contributed by atoms with E-state index in [1.807, 2.05) is 18.2 Å². The third kappa shape index (κ3) is 3.70. The molecule has 0 aliphatic heterocycles. The van der Waals surface area contributed by atoms with Crippen LogP contribution in [0, 0.1) is 0 Å². The van der Waals surface area contributed by atoms with Crippen LogP contribution < -0.4 is 10.1 Å². The minimum Gasteiger partial charge on any atom is -0.497 e. The van der Waals surface area contributed by atoms with E-state index in [1.165, 1.54) is 0 Å². The maximum Gasteiger partial charge on any atom is 0.119 e. The van der Waals surface area contributed by atoms with Gasteiger partial charge in [-0.05, 0) is 18.7 Å². The van der Waals surface area contributed by atoms with Gasteiger partial charge in [0, 0.05) is 17.5 Å². The van der Waals surface area contributed by atoms with Crippen molar-refractivity contribution in [3.8, 4) is 17.0 Å². The summed E-state index contributed by atoms with van der Waals surface area (Å²) in [5, 5.41) is 6.48. The Morgan fingerprint density at radius 3 is 2.94 bits per heavy atom. The molecule has 0 radical (unpaired) electrons. The normalized spacial score (nSPS) is 9.89. The highest BCUT2D eigenvalue weighted by Crippen LogP contribution is 2.25. The molecule has 1 heterocycles. The SMILES string of the molecule is CCNCc1nc(-c2cccc(OC)c2)cs1.Cl. The van der Waals surface area contributed by atoms with Gasteiger partial charge in [-0.25, -0.2) is 4.98 Å². The fourth-order valence-electron chi connectivity index (χ4n) is 1.54. The molecule has 0 aliphatic rings. The van der Waals surface area contributed by atoms with Gasteiger partial charge in [0.1, 0.15) is 10.8 Å². The topological polar surface area (TPSA) is 34.2 Å². The largest absolute Gasteiger partial charge is 0.497 e. The molecule has 98 valence electrons. The Balaban J connectivity index is 0.00000162. The molecule has 0 saturated heterocycles. The van der Waals surface area contributed by atoms with E-state index in [4.69, 9.17) is 4.74 Å². The Kier molecular flexibility index (Phi) is 6.12. The summed E-state index contributed by atoms with van der Waals surface area (Å²) in [6.07, 6.45) is 0. The van der Waals surface area contributed by atoms with E-state index in [0.29, 0.717) is 0 Å². The van der Waals surface area contributed by atoms with Gasteiger partial charge in [-0.1, -0.05) is 19.1 Å². The molecule has 0 spiro atoms. The molecule has 1 aromatic carbocycles. The Morgan fingerprint density at radius 1 is 1.39 bits per heavy atom. The number of benzene rings is 1. The molecule has 2 rings (SSSR count). The predicted molar refractivity (Wildman–Crippen MR) is 78.7 cm³/mol. The summed E-state index contributed by atoms with van der Waals surface area (Å²) in [5.74, 6) is 0.865. The molecule has 0 atom stereocenters. The lowest BCUT2D eigenvalue weighted by atomic mass is 10.2. The smallest absolute Gasteiger partial charge is 0.119 e. The van der Waals surface area contributed by atoms with Gasteiger partial charge < -0.3 is 10.1 Å². The second kappa shape index (κ2) is 7.36. The maximum atomic E-state index is 5.21. The van der Waals surface area contributed by atoms with Gasteiger partial charge in [-0.3, -0.25) is 0 Å². The van der Waals surface area contributed by atoms with E-state index in [2.05, 4.69) is 28.7 Å². The van der Waals surface area contributed by atoms with Crippen molar-refractivity contribution in [1.82, 2.24) is 10.3 Å². The first-order chi connectivity index (χ1) is 8.33. The zero-order chi connectivity index (χ0) is 12.1. The molecule has 5 heteroatoms. The summed E-state index contributed by atoms with van der Waals surface area (Å²) in [4.78, 5) is 4.59. The number of nitrogens with zero attached hydrogens (tertiary/aromatic N) is 1. The number of hydrogen-bond donors (Lipinski definition) is 1. The van der Waals surface area contributed by atoms with Crippen LogP contribution in [0.5, 0.6) is 5.75 Å². The fourth-order valence-corrected chi connectivity index (χ4v) is 2.31. The van der Waals surface area contributed by atoms with Gasteiger partial charge in [-0.15, -0.1) is 23.7 Å². The first-order valence-electron chi connectivity index (χ1n) is 5.63. The average Bonchev–Trinajstić information content (AvgIpc) is 2.85. The Hall–Kier alpha value is -1.10. The Bertz CT molecular complexity index is 487. The summed E-state index contributed by atoms with van der Waals surface area (Å²) in [6, 6.07) is 7.98. The zero-order valence-electron chi connectivity index (χ0n) is 10.5. The van der Waals surface area contributed by atoms with Crippen molar-refractivity contribution in [3.63, 3.8) is 0 Å². The first kappa shape index (κ1) is 15.0. The van der Waals surface area contributed by atoms with E-state index < -0.39 is 0 Å². The Morgan fingerprint density at radius 2 is 2.22 bits per heavy atom. The molecular formula is C13H17ClN2OS. The van der Waals surface area contributed by atoms with Crippen LogP contribution in [0.4, 0.5) is 0 Å². The molecule has 18 heavy (non-hydrogen) atoms. The van der Waals surface area contributed by atoms with E-state index in [0.717, 1.165) is 35.1 Å². The average molecular weight is 285 g/mol. The van der Waals surface area contributed by atoms with E-state index in [1.54, 1.807) is 18.4 Å². The summed E-state index contributed by atoms with van der Waals surface area (Å²) >= 11 is 1.68. The number of aromatic nitrogens is 1. The van der Waals surface area contributed by atoms with Crippen LogP contribution in [-0.4, -0.2) is 18.6 Å². The number of ether oxygens (including phenoxy) is 1. The number of nitrogens with one attached hydrogen (secondary N) is 1. The highest BCUT2D eigenvalue weighted by atomic mass is 35.5. The second-order valence-corrected chi connectivity index (χ2v) is 4.58. The lowest BCUT2D eigenvalue weighted by Gasteiger charge is -2.01. The van der Waals surface area contributed by atoms with Crippen LogP contribution in [-0.2, 0) is 6.54 Å². The van der Waals surface area contributed by atoms with Crippen LogP contribution >= 0.6 is 23.7 Å². The molecule has 0 aliphatic carbocycles. The van der Waals surface area contributed by atoms with Crippen molar-refractivity contribution >= 4 is 23.7 Å². The van der Waals surface area contributed by atoms with Gasteiger partial charge >= 0.3 is 0 Å². The molecular weight excluding hydrogens is 268 g/mol. The van der Waals surface area contributed by atoms with Crippen molar-refractivity contribution in [1.29, 1.82) is 0 Å². The second-order valence-electron chi connectivity index (χ2n) is 3.64. The van der Waals surface area contributed by atoms with Crippen molar-refractivity contribution < 1.29 is 4.74 Å². The molecule has 0 unspecified atom stereocenters. The maximum absolute atomic E-state index is 5.21. The van der Waals surface area contributed by atoms with E-state index >= 15 is 0 Å². The summed E-state index contributed by atoms with van der Waals surface area (Å²) < 4.78 is 5.21. The fraction of sp³-hybridized carbons (Fsp3) is 0.308. The molecule has 0 fully saturated rings. The molecule has 1 aromatic heterocycles. The lowest BCUT2D eigenvalue weighted by Crippen LogP contribution is -2.11. The van der Waals surface area contributed by atoms with Crippen molar-refractivity contribution in [2.75, 3.05) is 13.7 Å². The predicted octanol–water partition coefficient (Wildman–Crippen LogP) is 3.35. The van der Waals surface area contributed by atoms with E-state index in [9.17, 15) is 0 Å². The van der Waals surface area contributed by atoms with Gasteiger partial charge in [0.2, 0.25) is 0 Å². The van der Waals surface area contributed by atoms with Crippen LogP contribution in [0.25, 0.3) is 11.3 Å². The number of rotatable bonds is 5. The summed E-state index contributed by atoms with van der Waals surface area (Å²) in [6.45, 7) is 3.90. The van der Waals surface area contributed by atoms with Gasteiger partial charge in [0.15, 0.2) is 0 Å². The quantitative estimate of drug-likeness (QED) is 0.914. The van der Waals surface area contributed by atoms with Crippen molar-refractivity contribution in [2.45, 2.75) is 13.5 Å². The molecule has 0 amide bonds.